The lowest BCUT2D eigenvalue weighted by atomic mass is 10.0. The van der Waals surface area contributed by atoms with Crippen molar-refractivity contribution >= 4 is 11.6 Å². The van der Waals surface area contributed by atoms with Crippen LogP contribution in [-0.4, -0.2) is 7.11 Å². The summed E-state index contributed by atoms with van der Waals surface area (Å²) in [5, 5.41) is 0.638. The van der Waals surface area contributed by atoms with E-state index in [0.717, 1.165) is 5.56 Å². The van der Waals surface area contributed by atoms with Gasteiger partial charge >= 0.3 is 0 Å². The third kappa shape index (κ3) is 1.86. The highest BCUT2D eigenvalue weighted by Crippen LogP contribution is 2.40. The van der Waals surface area contributed by atoms with Crippen LogP contribution in [0.25, 0.3) is 0 Å². The van der Waals surface area contributed by atoms with Crippen LogP contribution in [0.5, 0.6) is 5.75 Å². The van der Waals surface area contributed by atoms with E-state index < -0.39 is 0 Å². The third-order valence-corrected chi connectivity index (χ3v) is 3.00. The van der Waals surface area contributed by atoms with E-state index in [1.807, 2.05) is 18.2 Å². The zero-order chi connectivity index (χ0) is 10.1. The molecule has 0 radical (unpaired) electrons. The molecular weight excluding hydrogens is 198 g/mol. The predicted molar refractivity (Wildman–Crippen MR) is 57.7 cm³/mol. The fourth-order valence-electron chi connectivity index (χ4n) is 1.61. The lowest BCUT2D eigenvalue weighted by molar-refractivity contribution is 0.413. The molecule has 0 heterocycles. The van der Waals surface area contributed by atoms with E-state index in [2.05, 4.69) is 0 Å². The predicted octanol–water partition coefficient (Wildman–Crippen LogP) is 2.76. The lowest BCUT2D eigenvalue weighted by Gasteiger charge is -2.12. The van der Waals surface area contributed by atoms with Gasteiger partial charge in [-0.15, -0.1) is 0 Å². The summed E-state index contributed by atoms with van der Waals surface area (Å²) in [5.41, 5.74) is 7.19. The molecule has 1 aromatic carbocycles. The first-order chi connectivity index (χ1) is 6.72. The van der Waals surface area contributed by atoms with Crippen molar-refractivity contribution in [2.24, 2.45) is 11.7 Å². The SMILES string of the molecule is COc1cc([C@@H](N)C2CC2)ccc1Cl. The molecule has 2 nitrogen and oxygen atoms in total. The van der Waals surface area contributed by atoms with Crippen LogP contribution in [-0.2, 0) is 0 Å². The minimum absolute atomic E-state index is 0.140. The van der Waals surface area contributed by atoms with Crippen LogP contribution >= 0.6 is 11.6 Å². The maximum absolute atomic E-state index is 6.08. The van der Waals surface area contributed by atoms with Gasteiger partial charge in [0.2, 0.25) is 0 Å². The number of hydrogen-bond donors (Lipinski definition) is 1. The second-order valence-corrected chi connectivity index (χ2v) is 4.16. The normalized spacial score (nSPS) is 17.9. The molecule has 1 fully saturated rings. The number of hydrogen-bond acceptors (Lipinski definition) is 2. The van der Waals surface area contributed by atoms with Gasteiger partial charge in [-0.1, -0.05) is 17.7 Å². The van der Waals surface area contributed by atoms with Gasteiger partial charge in [-0.25, -0.2) is 0 Å². The molecule has 2 N–H and O–H groups in total. The van der Waals surface area contributed by atoms with E-state index >= 15 is 0 Å². The van der Waals surface area contributed by atoms with Crippen LogP contribution in [0.2, 0.25) is 5.02 Å². The van der Waals surface area contributed by atoms with Crippen LogP contribution < -0.4 is 10.5 Å². The zero-order valence-electron chi connectivity index (χ0n) is 8.16. The Morgan fingerprint density at radius 2 is 2.21 bits per heavy atom. The van der Waals surface area contributed by atoms with Crippen molar-refractivity contribution in [2.45, 2.75) is 18.9 Å². The van der Waals surface area contributed by atoms with Crippen molar-refractivity contribution in [1.82, 2.24) is 0 Å². The summed E-state index contributed by atoms with van der Waals surface area (Å²) in [6.45, 7) is 0. The summed E-state index contributed by atoms with van der Waals surface area (Å²) >= 11 is 5.93. The maximum atomic E-state index is 6.08. The monoisotopic (exact) mass is 211 g/mol. The van der Waals surface area contributed by atoms with E-state index in [-0.39, 0.29) is 6.04 Å². The van der Waals surface area contributed by atoms with Crippen LogP contribution in [0.4, 0.5) is 0 Å². The van der Waals surface area contributed by atoms with Gasteiger partial charge in [-0.2, -0.15) is 0 Å². The van der Waals surface area contributed by atoms with Gasteiger partial charge in [0.05, 0.1) is 12.1 Å². The number of rotatable bonds is 3. The van der Waals surface area contributed by atoms with Gasteiger partial charge < -0.3 is 10.5 Å². The summed E-state index contributed by atoms with van der Waals surface area (Å²) in [7, 11) is 1.62. The Kier molecular flexibility index (Phi) is 2.66. The van der Waals surface area contributed by atoms with Crippen LogP contribution in [0.1, 0.15) is 24.4 Å². The standard InChI is InChI=1S/C11H14ClNO/c1-14-10-6-8(4-5-9(10)12)11(13)7-2-3-7/h4-7,11H,2-3,13H2,1H3/t11-/m0/s1. The Bertz CT molecular complexity index is 336. The Morgan fingerprint density at radius 1 is 1.50 bits per heavy atom. The van der Waals surface area contributed by atoms with Gasteiger partial charge in [-0.3, -0.25) is 0 Å². The molecule has 0 unspecified atom stereocenters. The van der Waals surface area contributed by atoms with E-state index in [9.17, 15) is 0 Å². The Balaban J connectivity index is 2.25. The van der Waals surface area contributed by atoms with Crippen molar-refractivity contribution < 1.29 is 4.74 Å². The van der Waals surface area contributed by atoms with Crippen molar-refractivity contribution in [3.8, 4) is 5.75 Å². The summed E-state index contributed by atoms with van der Waals surface area (Å²) in [5.74, 6) is 1.36. The molecule has 1 aromatic rings. The Labute approximate surface area is 89.0 Å². The number of nitrogens with two attached hydrogens (primary N) is 1. The van der Waals surface area contributed by atoms with Crippen molar-refractivity contribution in [3.63, 3.8) is 0 Å². The molecular formula is C11H14ClNO. The smallest absolute Gasteiger partial charge is 0.137 e. The summed E-state index contributed by atoms with van der Waals surface area (Å²) < 4.78 is 5.15. The molecule has 1 aliphatic rings. The van der Waals surface area contributed by atoms with E-state index in [1.165, 1.54) is 12.8 Å². The number of methoxy groups -OCH3 is 1. The van der Waals surface area contributed by atoms with Crippen LogP contribution in [0.3, 0.4) is 0 Å². The molecule has 0 amide bonds. The average Bonchev–Trinajstić information content (AvgIpc) is 3.01. The first-order valence-electron chi connectivity index (χ1n) is 4.81. The Morgan fingerprint density at radius 3 is 2.79 bits per heavy atom. The van der Waals surface area contributed by atoms with E-state index in [4.69, 9.17) is 22.1 Å². The molecule has 14 heavy (non-hydrogen) atoms. The molecule has 0 aromatic heterocycles. The van der Waals surface area contributed by atoms with Gasteiger partial charge in [0, 0.05) is 6.04 Å². The van der Waals surface area contributed by atoms with Crippen molar-refractivity contribution in [3.05, 3.63) is 28.8 Å². The average molecular weight is 212 g/mol. The van der Waals surface area contributed by atoms with Crippen molar-refractivity contribution in [1.29, 1.82) is 0 Å². The second-order valence-electron chi connectivity index (χ2n) is 3.76. The van der Waals surface area contributed by atoms with E-state index in [1.54, 1.807) is 7.11 Å². The molecule has 0 saturated heterocycles. The number of ether oxygens (including phenoxy) is 1. The van der Waals surface area contributed by atoms with E-state index in [0.29, 0.717) is 16.7 Å². The highest BCUT2D eigenvalue weighted by molar-refractivity contribution is 6.32. The fraction of sp³-hybridized carbons (Fsp3) is 0.455. The molecule has 76 valence electrons. The molecule has 0 bridgehead atoms. The van der Waals surface area contributed by atoms with Gasteiger partial charge in [-0.05, 0) is 36.5 Å². The first kappa shape index (κ1) is 9.81. The highest BCUT2D eigenvalue weighted by Gasteiger charge is 2.29. The van der Waals surface area contributed by atoms with Gasteiger partial charge in [0.25, 0.3) is 0 Å². The minimum atomic E-state index is 0.140. The Hall–Kier alpha value is -0.730. The number of benzene rings is 1. The largest absolute Gasteiger partial charge is 0.495 e. The molecule has 1 atom stereocenters. The van der Waals surface area contributed by atoms with Gasteiger partial charge in [0.1, 0.15) is 5.75 Å². The lowest BCUT2D eigenvalue weighted by Crippen LogP contribution is -2.12. The topological polar surface area (TPSA) is 35.2 Å². The zero-order valence-corrected chi connectivity index (χ0v) is 8.92. The number of halogens is 1. The van der Waals surface area contributed by atoms with Crippen molar-refractivity contribution in [2.75, 3.05) is 7.11 Å². The molecule has 0 aliphatic heterocycles. The highest BCUT2D eigenvalue weighted by atomic mass is 35.5. The summed E-state index contributed by atoms with van der Waals surface area (Å²) in [6.07, 6.45) is 2.48. The fourth-order valence-corrected chi connectivity index (χ4v) is 1.81. The first-order valence-corrected chi connectivity index (χ1v) is 5.19. The van der Waals surface area contributed by atoms with Crippen LogP contribution in [0.15, 0.2) is 18.2 Å². The molecule has 2 rings (SSSR count). The summed E-state index contributed by atoms with van der Waals surface area (Å²) in [4.78, 5) is 0. The molecule has 0 spiro atoms. The second kappa shape index (κ2) is 3.79. The molecule has 1 aliphatic carbocycles. The summed E-state index contributed by atoms with van der Waals surface area (Å²) in [6, 6.07) is 5.90. The molecule has 3 heteroatoms. The van der Waals surface area contributed by atoms with Gasteiger partial charge in [0.15, 0.2) is 0 Å². The third-order valence-electron chi connectivity index (χ3n) is 2.69. The molecule has 1 saturated carbocycles. The maximum Gasteiger partial charge on any atom is 0.137 e. The quantitative estimate of drug-likeness (QED) is 0.835. The minimum Gasteiger partial charge on any atom is -0.495 e. The van der Waals surface area contributed by atoms with Crippen LogP contribution in [0, 0.1) is 5.92 Å².